The maximum atomic E-state index is 9.56. The molecule has 1 saturated heterocycles. The summed E-state index contributed by atoms with van der Waals surface area (Å²) < 4.78 is 0. The van der Waals surface area contributed by atoms with Crippen LogP contribution in [0.25, 0.3) is 0 Å². The second-order valence-electron chi connectivity index (χ2n) is 8.93. The molecular formula is C23H41IN4OS. The van der Waals surface area contributed by atoms with Gasteiger partial charge in [-0.05, 0) is 68.4 Å². The number of thiophene rings is 1. The Morgan fingerprint density at radius 3 is 2.80 bits per heavy atom. The molecule has 7 heteroatoms. The maximum absolute atomic E-state index is 9.56. The highest BCUT2D eigenvalue weighted by Crippen LogP contribution is 2.39. The molecule has 0 spiro atoms. The van der Waals surface area contributed by atoms with Crippen molar-refractivity contribution >= 4 is 41.3 Å². The maximum Gasteiger partial charge on any atom is 0.191 e. The van der Waals surface area contributed by atoms with Crippen LogP contribution in [0.15, 0.2) is 22.5 Å². The van der Waals surface area contributed by atoms with Crippen molar-refractivity contribution in [3.8, 4) is 0 Å². The van der Waals surface area contributed by atoms with Crippen molar-refractivity contribution in [2.75, 3.05) is 39.3 Å². The van der Waals surface area contributed by atoms with E-state index in [9.17, 15) is 5.11 Å². The second kappa shape index (κ2) is 13.9. The van der Waals surface area contributed by atoms with Crippen molar-refractivity contribution in [3.63, 3.8) is 0 Å². The summed E-state index contributed by atoms with van der Waals surface area (Å²) in [6.07, 6.45) is 9.76. The van der Waals surface area contributed by atoms with Gasteiger partial charge >= 0.3 is 0 Å². The summed E-state index contributed by atoms with van der Waals surface area (Å²) in [6.45, 7) is 8.58. The Labute approximate surface area is 204 Å². The third-order valence-corrected chi connectivity index (χ3v) is 7.46. The van der Waals surface area contributed by atoms with Crippen molar-refractivity contribution in [2.45, 2.75) is 64.8 Å². The summed E-state index contributed by atoms with van der Waals surface area (Å²) in [6, 6.07) is 4.40. The van der Waals surface area contributed by atoms with Gasteiger partial charge in [0.15, 0.2) is 5.96 Å². The van der Waals surface area contributed by atoms with Crippen LogP contribution in [-0.4, -0.2) is 55.3 Å². The van der Waals surface area contributed by atoms with Crippen LogP contribution in [0.5, 0.6) is 0 Å². The molecule has 1 aliphatic heterocycles. The highest BCUT2D eigenvalue weighted by Gasteiger charge is 2.31. The fourth-order valence-corrected chi connectivity index (χ4v) is 5.69. The molecule has 172 valence electrons. The van der Waals surface area contributed by atoms with E-state index in [1.54, 1.807) is 0 Å². The van der Waals surface area contributed by atoms with Gasteiger partial charge in [-0.1, -0.05) is 25.3 Å². The van der Waals surface area contributed by atoms with E-state index in [2.05, 4.69) is 40.0 Å². The average Bonchev–Trinajstić information content (AvgIpc) is 3.24. The van der Waals surface area contributed by atoms with Crippen molar-refractivity contribution in [2.24, 2.45) is 16.3 Å². The minimum Gasteiger partial charge on any atom is -0.396 e. The minimum atomic E-state index is 0. The average molecular weight is 549 g/mol. The van der Waals surface area contributed by atoms with Crippen LogP contribution in [-0.2, 0) is 6.54 Å². The molecule has 0 radical (unpaired) electrons. The van der Waals surface area contributed by atoms with Crippen LogP contribution in [0.3, 0.4) is 0 Å². The number of halogens is 1. The number of likely N-dealkylation sites (tertiary alicyclic amines) is 1. The number of hydrogen-bond donors (Lipinski definition) is 3. The predicted molar refractivity (Wildman–Crippen MR) is 139 cm³/mol. The van der Waals surface area contributed by atoms with Crippen LogP contribution in [0.4, 0.5) is 0 Å². The van der Waals surface area contributed by atoms with Crippen LogP contribution in [0.1, 0.15) is 63.2 Å². The molecular weight excluding hydrogens is 507 g/mol. The Morgan fingerprint density at radius 1 is 1.27 bits per heavy atom. The standard InChI is InChI=1S/C23H40N4OS.HI/c1-2-24-22(26-19-23(12-14-28)10-4-3-5-11-23)25-16-20-8-6-13-27(17-20)18-21-9-7-15-29-21;/h7,9,15,20,28H,2-6,8,10-14,16-19H2,1H3,(H2,24,25,26);1H. The Kier molecular flexibility index (Phi) is 12.0. The zero-order valence-electron chi connectivity index (χ0n) is 18.6. The lowest BCUT2D eigenvalue weighted by Crippen LogP contribution is -2.44. The fraction of sp³-hybridized carbons (Fsp3) is 0.783. The van der Waals surface area contributed by atoms with Gasteiger partial charge in [0.25, 0.3) is 0 Å². The molecule has 1 aliphatic carbocycles. The summed E-state index contributed by atoms with van der Waals surface area (Å²) in [5.41, 5.74) is 0.206. The highest BCUT2D eigenvalue weighted by atomic mass is 127. The molecule has 1 atom stereocenters. The summed E-state index contributed by atoms with van der Waals surface area (Å²) >= 11 is 1.86. The Morgan fingerprint density at radius 2 is 2.10 bits per heavy atom. The van der Waals surface area contributed by atoms with Crippen LogP contribution >= 0.6 is 35.3 Å². The van der Waals surface area contributed by atoms with Gasteiger partial charge in [0.1, 0.15) is 0 Å². The van der Waals surface area contributed by atoms with Gasteiger partial charge < -0.3 is 15.7 Å². The number of aliphatic hydroxyl groups excluding tert-OH is 1. The molecule has 0 amide bonds. The SMILES string of the molecule is CCNC(=NCC1(CCO)CCCCC1)NCC1CCCN(Cc2cccs2)C1.I. The van der Waals surface area contributed by atoms with E-state index in [0.717, 1.165) is 38.6 Å². The zero-order valence-corrected chi connectivity index (χ0v) is 21.7. The van der Waals surface area contributed by atoms with E-state index in [1.165, 1.54) is 62.9 Å². The third kappa shape index (κ3) is 8.28. The molecule has 5 nitrogen and oxygen atoms in total. The van der Waals surface area contributed by atoms with Gasteiger partial charge in [0, 0.05) is 44.2 Å². The summed E-state index contributed by atoms with van der Waals surface area (Å²) in [4.78, 5) is 9.03. The Hall–Kier alpha value is -0.380. The molecule has 1 saturated carbocycles. The summed E-state index contributed by atoms with van der Waals surface area (Å²) in [5, 5.41) is 18.8. The first-order chi connectivity index (χ1) is 14.2. The largest absolute Gasteiger partial charge is 0.396 e. The topological polar surface area (TPSA) is 59.9 Å². The molecule has 2 fully saturated rings. The number of hydrogen-bond acceptors (Lipinski definition) is 4. The van der Waals surface area contributed by atoms with E-state index >= 15 is 0 Å². The van der Waals surface area contributed by atoms with Crippen molar-refractivity contribution in [1.29, 1.82) is 0 Å². The van der Waals surface area contributed by atoms with Gasteiger partial charge in [0.05, 0.1) is 0 Å². The van der Waals surface area contributed by atoms with Crippen LogP contribution in [0.2, 0.25) is 0 Å². The molecule has 3 N–H and O–H groups in total. The molecule has 2 aliphatic rings. The van der Waals surface area contributed by atoms with Gasteiger partial charge in [-0.25, -0.2) is 0 Å². The summed E-state index contributed by atoms with van der Waals surface area (Å²) in [5.74, 6) is 1.62. The van der Waals surface area contributed by atoms with Gasteiger partial charge in [0.2, 0.25) is 0 Å². The third-order valence-electron chi connectivity index (χ3n) is 6.59. The number of guanidine groups is 1. The first-order valence-electron chi connectivity index (χ1n) is 11.6. The van der Waals surface area contributed by atoms with Crippen molar-refractivity contribution in [3.05, 3.63) is 22.4 Å². The van der Waals surface area contributed by atoms with Gasteiger partial charge in [-0.15, -0.1) is 35.3 Å². The molecule has 30 heavy (non-hydrogen) atoms. The Balaban J connectivity index is 0.00000320. The van der Waals surface area contributed by atoms with E-state index in [1.807, 2.05) is 11.3 Å². The molecule has 1 unspecified atom stereocenters. The van der Waals surface area contributed by atoms with E-state index in [4.69, 9.17) is 4.99 Å². The van der Waals surface area contributed by atoms with Gasteiger partial charge in [-0.3, -0.25) is 9.89 Å². The molecule has 1 aromatic rings. The predicted octanol–water partition coefficient (Wildman–Crippen LogP) is 4.47. The molecule has 1 aromatic heterocycles. The minimum absolute atomic E-state index is 0. The molecule has 0 aromatic carbocycles. The summed E-state index contributed by atoms with van der Waals surface area (Å²) in [7, 11) is 0. The number of nitrogens with zero attached hydrogens (tertiary/aromatic N) is 2. The number of piperidine rings is 1. The first-order valence-corrected chi connectivity index (χ1v) is 12.5. The molecule has 0 bridgehead atoms. The van der Waals surface area contributed by atoms with E-state index in [0.29, 0.717) is 5.92 Å². The molecule has 3 rings (SSSR count). The lowest BCUT2D eigenvalue weighted by atomic mass is 9.72. The van der Waals surface area contributed by atoms with Crippen LogP contribution < -0.4 is 10.6 Å². The second-order valence-corrected chi connectivity index (χ2v) is 9.97. The number of aliphatic imine (C=N–C) groups is 1. The number of aliphatic hydroxyl groups is 1. The van der Waals surface area contributed by atoms with Crippen LogP contribution in [0, 0.1) is 11.3 Å². The smallest absolute Gasteiger partial charge is 0.191 e. The van der Waals surface area contributed by atoms with Crippen molar-refractivity contribution < 1.29 is 5.11 Å². The lowest BCUT2D eigenvalue weighted by molar-refractivity contribution is 0.137. The normalized spacial score (nSPS) is 22.3. The fourth-order valence-electron chi connectivity index (χ4n) is 4.94. The number of rotatable bonds is 9. The number of nitrogens with one attached hydrogen (secondary N) is 2. The van der Waals surface area contributed by atoms with Crippen molar-refractivity contribution in [1.82, 2.24) is 15.5 Å². The highest BCUT2D eigenvalue weighted by molar-refractivity contribution is 14.0. The van der Waals surface area contributed by atoms with E-state index < -0.39 is 0 Å². The lowest BCUT2D eigenvalue weighted by Gasteiger charge is -2.36. The first kappa shape index (κ1) is 25.9. The Bertz CT molecular complexity index is 599. The van der Waals surface area contributed by atoms with E-state index in [-0.39, 0.29) is 36.0 Å². The zero-order chi connectivity index (χ0) is 20.4. The quantitative estimate of drug-likeness (QED) is 0.242. The monoisotopic (exact) mass is 548 g/mol. The molecule has 2 heterocycles. The van der Waals surface area contributed by atoms with Gasteiger partial charge in [-0.2, -0.15) is 0 Å².